The van der Waals surface area contributed by atoms with Crippen LogP contribution in [0.4, 0.5) is 10.1 Å². The average molecular weight is 530 g/mol. The predicted molar refractivity (Wildman–Crippen MR) is 117 cm³/mol. The average Bonchev–Trinajstić information content (AvgIpc) is 2.68. The van der Waals surface area contributed by atoms with Crippen molar-refractivity contribution < 1.29 is 40.2 Å². The van der Waals surface area contributed by atoms with E-state index in [1.807, 2.05) is 0 Å². The molecule has 14 heteroatoms. The van der Waals surface area contributed by atoms with Crippen LogP contribution in [0.15, 0.2) is 36.4 Å². The van der Waals surface area contributed by atoms with E-state index in [0.29, 0.717) is 0 Å². The monoisotopic (exact) mass is 529 g/mol. The van der Waals surface area contributed by atoms with Crippen molar-refractivity contribution in [2.24, 2.45) is 0 Å². The minimum absolute atomic E-state index is 0.0389. The molecule has 0 aliphatic rings. The van der Waals surface area contributed by atoms with Crippen LogP contribution in [-0.2, 0) is 28.6 Å². The molecule has 0 fully saturated rings. The van der Waals surface area contributed by atoms with Crippen molar-refractivity contribution in [2.45, 2.75) is 19.3 Å². The Morgan fingerprint density at radius 1 is 1.06 bits per heavy atom. The smallest absolute Gasteiger partial charge is 0.364 e. The van der Waals surface area contributed by atoms with E-state index in [1.165, 1.54) is 32.0 Å². The van der Waals surface area contributed by atoms with Gasteiger partial charge in [0.1, 0.15) is 11.6 Å². The lowest BCUT2D eigenvalue weighted by Gasteiger charge is -2.18. The molecular weight excluding hydrogens is 512 g/mol. The van der Waals surface area contributed by atoms with Gasteiger partial charge in [-0.15, -0.1) is 0 Å². The maximum atomic E-state index is 13.8. The number of benzene rings is 2. The lowest BCUT2D eigenvalue weighted by Crippen LogP contribution is -2.34. The van der Waals surface area contributed by atoms with E-state index in [-0.39, 0.29) is 40.3 Å². The Morgan fingerprint density at radius 3 is 2.28 bits per heavy atom. The fourth-order valence-corrected chi connectivity index (χ4v) is 3.92. The highest BCUT2D eigenvalue weighted by Gasteiger charge is 2.35. The van der Waals surface area contributed by atoms with Crippen LogP contribution in [0.2, 0.25) is 5.02 Å². The van der Waals surface area contributed by atoms with Crippen molar-refractivity contribution in [3.8, 4) is 17.2 Å². The van der Waals surface area contributed by atoms with Crippen molar-refractivity contribution in [3.05, 3.63) is 47.2 Å². The third kappa shape index (κ3) is 7.12. The van der Waals surface area contributed by atoms with Gasteiger partial charge in [0, 0.05) is 16.7 Å². The molecule has 176 valence electrons. The van der Waals surface area contributed by atoms with E-state index < -0.39 is 36.3 Å². The summed E-state index contributed by atoms with van der Waals surface area (Å²) >= 11 is 6.13. The summed E-state index contributed by atoms with van der Waals surface area (Å²) in [4.78, 5) is 12.0. The van der Waals surface area contributed by atoms with Crippen LogP contribution in [0.25, 0.3) is 0 Å². The van der Waals surface area contributed by atoms with E-state index >= 15 is 0 Å². The number of rotatable bonds is 10. The van der Waals surface area contributed by atoms with Gasteiger partial charge in [-0.05, 0) is 44.2 Å². The second kappa shape index (κ2) is 10.6. The molecule has 0 spiro atoms. The van der Waals surface area contributed by atoms with E-state index in [4.69, 9.17) is 31.8 Å². The van der Waals surface area contributed by atoms with Crippen molar-refractivity contribution >= 4 is 53.0 Å². The minimum Gasteiger partial charge on any atom is -0.462 e. The summed E-state index contributed by atoms with van der Waals surface area (Å²) in [6.45, 7) is 2.77. The van der Waals surface area contributed by atoms with E-state index in [2.05, 4.69) is 9.46 Å². The van der Waals surface area contributed by atoms with Gasteiger partial charge in [-0.25, -0.2) is 26.0 Å². The summed E-state index contributed by atoms with van der Waals surface area (Å²) in [5, 5.41) is -0.0524. The molecule has 0 aromatic heterocycles. The molecule has 2 rings (SSSR count). The zero-order valence-corrected chi connectivity index (χ0v) is 19.8. The summed E-state index contributed by atoms with van der Waals surface area (Å²) in [7, 11) is -2.84. The maximum Gasteiger partial charge on any atom is 0.364 e. The first-order valence-electron chi connectivity index (χ1n) is 8.90. The Morgan fingerprint density at radius 2 is 1.72 bits per heavy atom. The van der Waals surface area contributed by atoms with Crippen LogP contribution in [0.3, 0.4) is 0 Å². The van der Waals surface area contributed by atoms with Gasteiger partial charge in [-0.2, -0.15) is 0 Å². The first kappa shape index (κ1) is 26.0. The van der Waals surface area contributed by atoms with Gasteiger partial charge in [-0.1, -0.05) is 11.6 Å². The summed E-state index contributed by atoms with van der Waals surface area (Å²) in [6.07, 6.45) is 0. The van der Waals surface area contributed by atoms with Crippen LogP contribution >= 0.6 is 22.3 Å². The van der Waals surface area contributed by atoms with Crippen LogP contribution in [-0.4, -0.2) is 40.6 Å². The van der Waals surface area contributed by atoms with Gasteiger partial charge < -0.3 is 14.2 Å². The largest absolute Gasteiger partial charge is 0.462 e. The second-order valence-electron chi connectivity index (χ2n) is 6.02. The Balaban J connectivity index is 2.37. The number of carbonyl (C=O) groups excluding carboxylic acids is 1. The fourth-order valence-electron chi connectivity index (χ4n) is 2.22. The van der Waals surface area contributed by atoms with Crippen LogP contribution < -0.4 is 14.2 Å². The Kier molecular flexibility index (Phi) is 8.57. The molecule has 1 N–H and O–H groups in total. The van der Waals surface area contributed by atoms with Crippen molar-refractivity contribution in [1.82, 2.24) is 0 Å². The lowest BCUT2D eigenvalue weighted by atomic mass is 10.3. The number of nitrogens with one attached hydrogen (secondary N) is 1. The number of anilines is 1. The molecule has 0 aliphatic carbocycles. The second-order valence-corrected chi connectivity index (χ2v) is 11.1. The maximum absolute atomic E-state index is 13.8. The summed E-state index contributed by atoms with van der Waals surface area (Å²) < 4.78 is 78.4. The number of ether oxygens (including phenoxy) is 3. The molecule has 9 nitrogen and oxygen atoms in total. The van der Waals surface area contributed by atoms with Gasteiger partial charge in [0.15, 0.2) is 11.5 Å². The normalized spacial score (nSPS) is 12.7. The van der Waals surface area contributed by atoms with E-state index in [1.54, 1.807) is 0 Å². The van der Waals surface area contributed by atoms with Crippen LogP contribution in [0, 0.1) is 5.82 Å². The van der Waals surface area contributed by atoms with Crippen molar-refractivity contribution in [3.63, 3.8) is 0 Å². The van der Waals surface area contributed by atoms with E-state index in [9.17, 15) is 26.0 Å². The molecule has 1 atom stereocenters. The molecule has 0 saturated carbocycles. The Labute approximate surface area is 193 Å². The molecular formula is C18H18Cl2FNO8S2. The zero-order chi connectivity index (χ0) is 24.1. The molecule has 0 amide bonds. The van der Waals surface area contributed by atoms with Gasteiger partial charge in [-0.3, -0.25) is 4.72 Å². The highest BCUT2D eigenvalue weighted by molar-refractivity contribution is 8.14. The standard InChI is InChI=1S/C18H18Cl2FNO8S2/c1-3-28-17(23)18(32(20,26)27)30-15-7-5-11(21)9-16(15)29-14-8-6-12(10-13(14)19)22-31(24,25)4-2/h5-10,18,22H,3-4H2,1-2H3. The van der Waals surface area contributed by atoms with Crippen LogP contribution in [0.1, 0.15) is 13.8 Å². The lowest BCUT2D eigenvalue weighted by molar-refractivity contribution is -0.147. The van der Waals surface area contributed by atoms with Crippen molar-refractivity contribution in [1.29, 1.82) is 0 Å². The molecule has 0 bridgehead atoms. The Bertz CT molecular complexity index is 1210. The van der Waals surface area contributed by atoms with Gasteiger partial charge in [0.2, 0.25) is 10.0 Å². The number of halogens is 3. The number of hydrogen-bond donors (Lipinski definition) is 1. The Hall–Kier alpha value is -2.28. The first-order valence-corrected chi connectivity index (χ1v) is 13.3. The number of carbonyl (C=O) groups is 1. The van der Waals surface area contributed by atoms with Crippen LogP contribution in [0.5, 0.6) is 17.2 Å². The van der Waals surface area contributed by atoms with Gasteiger partial charge >= 0.3 is 11.4 Å². The zero-order valence-electron chi connectivity index (χ0n) is 16.7. The van der Waals surface area contributed by atoms with E-state index in [0.717, 1.165) is 18.2 Å². The van der Waals surface area contributed by atoms with Gasteiger partial charge in [0.05, 0.1) is 23.1 Å². The number of hydrogen-bond acceptors (Lipinski definition) is 8. The summed E-state index contributed by atoms with van der Waals surface area (Å²) in [5.41, 5.74) is -2.08. The SMILES string of the molecule is CCOC(=O)C(Oc1ccc(F)cc1Oc1ccc(NS(=O)(=O)CC)cc1Cl)S(=O)(=O)Cl. The molecule has 2 aromatic carbocycles. The minimum atomic E-state index is -4.58. The molecule has 0 saturated heterocycles. The van der Waals surface area contributed by atoms with Crippen molar-refractivity contribution in [2.75, 3.05) is 17.1 Å². The molecule has 0 aliphatic heterocycles. The predicted octanol–water partition coefficient (Wildman–Crippen LogP) is 3.87. The fraction of sp³-hybridized carbons (Fsp3) is 0.278. The summed E-state index contributed by atoms with van der Waals surface area (Å²) in [6, 6.07) is 6.73. The topological polar surface area (TPSA) is 125 Å². The first-order chi connectivity index (χ1) is 14.9. The third-order valence-corrected chi connectivity index (χ3v) is 6.57. The molecule has 0 radical (unpaired) electrons. The molecule has 2 aromatic rings. The highest BCUT2D eigenvalue weighted by Crippen LogP contribution is 2.38. The molecule has 32 heavy (non-hydrogen) atoms. The quantitative estimate of drug-likeness (QED) is 0.363. The number of esters is 1. The highest BCUT2D eigenvalue weighted by atomic mass is 35.7. The number of sulfonamides is 1. The summed E-state index contributed by atoms with van der Waals surface area (Å²) in [5.74, 6) is -2.91. The third-order valence-electron chi connectivity index (χ3n) is 3.68. The molecule has 0 heterocycles. The van der Waals surface area contributed by atoms with Gasteiger partial charge in [0.25, 0.3) is 9.05 Å². The molecule has 1 unspecified atom stereocenters.